The van der Waals surface area contributed by atoms with E-state index in [0.717, 1.165) is 16.7 Å². The molecule has 3 aliphatic carbocycles. The van der Waals surface area contributed by atoms with Crippen LogP contribution in [-0.2, 0) is 26.7 Å². The number of fused-ring (bicyclic) bond motifs is 1. The summed E-state index contributed by atoms with van der Waals surface area (Å²) in [6.45, 7) is 0.281. The summed E-state index contributed by atoms with van der Waals surface area (Å²) in [5.74, 6) is -0.000400. The third-order valence-corrected chi connectivity index (χ3v) is 12.3. The van der Waals surface area contributed by atoms with Crippen molar-refractivity contribution in [2.24, 2.45) is 5.41 Å². The number of carbonyl (C=O) groups is 1. The van der Waals surface area contributed by atoms with Gasteiger partial charge in [0.15, 0.2) is 11.5 Å². The zero-order chi connectivity index (χ0) is 28.4. The van der Waals surface area contributed by atoms with E-state index in [4.69, 9.17) is 9.15 Å². The van der Waals surface area contributed by atoms with Crippen LogP contribution in [0.25, 0.3) is 6.08 Å². The van der Waals surface area contributed by atoms with Gasteiger partial charge in [-0.05, 0) is 67.7 Å². The standard InChI is InChI=1S/C30H27BrN2O7S/c31-19-2-1-3-20(12-19)41(37,38)33-16-28-13-18-5-6-22(34)25-24(18)29(15-28)26(40-25)21(8-10-30(29,36)27(28)33)32-23(35)7-4-17-9-11-39-14-17/h1-7,9,11-12,14,21,26-27,34,36H,8,10,13,15-16H2,(H,32,35)/b7-4+/t21?,26-,27?,28?,29?,30?/m0/s1. The molecule has 9 nitrogen and oxygen atoms in total. The maximum Gasteiger partial charge on any atom is 0.244 e. The molecule has 2 aromatic carbocycles. The van der Waals surface area contributed by atoms with Crippen molar-refractivity contribution in [3.05, 3.63) is 82.2 Å². The first-order valence-corrected chi connectivity index (χ1v) is 15.9. The number of rotatable bonds is 5. The van der Waals surface area contributed by atoms with Gasteiger partial charge in [-0.2, -0.15) is 4.31 Å². The Bertz CT molecular complexity index is 1760. The molecule has 5 aliphatic rings. The molecule has 6 atom stereocenters. The van der Waals surface area contributed by atoms with Gasteiger partial charge in [0.2, 0.25) is 15.9 Å². The van der Waals surface area contributed by atoms with Crippen molar-refractivity contribution in [3.63, 3.8) is 0 Å². The van der Waals surface area contributed by atoms with Crippen LogP contribution in [0.3, 0.4) is 0 Å². The summed E-state index contributed by atoms with van der Waals surface area (Å²) in [6.07, 6.45) is 7.22. The lowest BCUT2D eigenvalue weighted by Gasteiger charge is -2.57. The SMILES string of the molecule is O=C(/C=C/c1ccoc1)NC1CCC2(O)C3N(S(=O)(=O)c4cccc(Br)c4)CC34Cc3ccc(O)c5c3C2(C4)[C@H]1O5. The molecule has 0 radical (unpaired) electrons. The summed E-state index contributed by atoms with van der Waals surface area (Å²) in [4.78, 5) is 13.2. The fourth-order valence-corrected chi connectivity index (χ4v) is 11.2. The van der Waals surface area contributed by atoms with Crippen LogP contribution in [0.4, 0.5) is 0 Å². The molecule has 2 bridgehead atoms. The summed E-state index contributed by atoms with van der Waals surface area (Å²) in [6, 6.07) is 10.7. The Balaban J connectivity index is 1.21. The van der Waals surface area contributed by atoms with Crippen LogP contribution in [0.1, 0.15) is 36.0 Å². The number of benzene rings is 2. The second-order valence-electron chi connectivity index (χ2n) is 12.1. The molecule has 41 heavy (non-hydrogen) atoms. The molecular weight excluding hydrogens is 612 g/mol. The third-order valence-electron chi connectivity index (χ3n) is 10.0. The van der Waals surface area contributed by atoms with Crippen LogP contribution in [0.15, 0.2) is 74.9 Å². The van der Waals surface area contributed by atoms with Gasteiger partial charge in [-0.15, -0.1) is 0 Å². The van der Waals surface area contributed by atoms with Crippen LogP contribution in [0.2, 0.25) is 0 Å². The molecule has 5 unspecified atom stereocenters. The van der Waals surface area contributed by atoms with Crippen molar-refractivity contribution in [1.82, 2.24) is 9.62 Å². The molecule has 3 fully saturated rings. The Morgan fingerprint density at radius 2 is 2.07 bits per heavy atom. The van der Waals surface area contributed by atoms with E-state index in [-0.39, 0.29) is 29.5 Å². The lowest BCUT2D eigenvalue weighted by molar-refractivity contribution is -0.145. The predicted octanol–water partition coefficient (Wildman–Crippen LogP) is 3.49. The molecule has 212 valence electrons. The normalized spacial score (nSPS) is 34.5. The zero-order valence-corrected chi connectivity index (χ0v) is 24.2. The van der Waals surface area contributed by atoms with E-state index < -0.39 is 44.6 Å². The highest BCUT2D eigenvalue weighted by Gasteiger charge is 2.84. The molecule has 8 rings (SSSR count). The smallest absolute Gasteiger partial charge is 0.244 e. The Morgan fingerprint density at radius 1 is 1.22 bits per heavy atom. The fraction of sp³-hybridized carbons (Fsp3) is 0.367. The number of sulfonamides is 1. The first kappa shape index (κ1) is 25.6. The number of nitrogens with zero attached hydrogens (tertiary/aromatic N) is 1. The van der Waals surface area contributed by atoms with Gasteiger partial charge in [0.25, 0.3) is 0 Å². The summed E-state index contributed by atoms with van der Waals surface area (Å²) in [5.41, 5.74) is -0.444. The van der Waals surface area contributed by atoms with Gasteiger partial charge < -0.3 is 24.7 Å². The van der Waals surface area contributed by atoms with Crippen LogP contribution in [-0.4, -0.2) is 59.2 Å². The Morgan fingerprint density at radius 3 is 2.85 bits per heavy atom. The van der Waals surface area contributed by atoms with Crippen molar-refractivity contribution < 1.29 is 32.6 Å². The lowest BCUT2D eigenvalue weighted by Crippen LogP contribution is -2.74. The molecule has 3 N–H and O–H groups in total. The Labute approximate surface area is 245 Å². The third kappa shape index (κ3) is 3.17. The molecule has 2 aliphatic heterocycles. The number of phenols is 1. The number of nitrogens with one attached hydrogen (secondary N) is 1. The molecule has 11 heteroatoms. The van der Waals surface area contributed by atoms with Crippen molar-refractivity contribution in [2.45, 2.75) is 59.8 Å². The number of halogens is 1. The molecule has 1 saturated heterocycles. The molecule has 1 aromatic heterocycles. The van der Waals surface area contributed by atoms with E-state index >= 15 is 0 Å². The van der Waals surface area contributed by atoms with Gasteiger partial charge in [-0.3, -0.25) is 4.79 Å². The van der Waals surface area contributed by atoms with Crippen LogP contribution in [0, 0.1) is 5.41 Å². The second-order valence-corrected chi connectivity index (χ2v) is 14.9. The zero-order valence-electron chi connectivity index (χ0n) is 21.8. The molecule has 1 amide bonds. The quantitative estimate of drug-likeness (QED) is 0.365. The Kier molecular flexibility index (Phi) is 5.14. The number of hydrogen-bond donors (Lipinski definition) is 3. The number of aliphatic hydroxyl groups is 1. The number of phenolic OH excluding ortho intramolecular Hbond substituents is 1. The van der Waals surface area contributed by atoms with Crippen molar-refractivity contribution in [1.29, 1.82) is 0 Å². The molecular formula is C30H27BrN2O7S. The van der Waals surface area contributed by atoms with Crippen LogP contribution in [0.5, 0.6) is 11.5 Å². The maximum atomic E-state index is 14.0. The van der Waals surface area contributed by atoms with E-state index in [1.807, 2.05) is 6.07 Å². The predicted molar refractivity (Wildman–Crippen MR) is 151 cm³/mol. The summed E-state index contributed by atoms with van der Waals surface area (Å²) in [5, 5.41) is 26.7. The van der Waals surface area contributed by atoms with Crippen LogP contribution < -0.4 is 10.1 Å². The molecule has 3 heterocycles. The average molecular weight is 640 g/mol. The van der Waals surface area contributed by atoms with Gasteiger partial charge in [0.1, 0.15) is 6.10 Å². The van der Waals surface area contributed by atoms with Gasteiger partial charge in [0, 0.05) is 33.6 Å². The second kappa shape index (κ2) is 8.25. The van der Waals surface area contributed by atoms with Gasteiger partial charge >= 0.3 is 0 Å². The highest BCUT2D eigenvalue weighted by Crippen LogP contribution is 2.75. The summed E-state index contributed by atoms with van der Waals surface area (Å²) >= 11 is 3.38. The topological polar surface area (TPSA) is 129 Å². The van der Waals surface area contributed by atoms with Crippen molar-refractivity contribution in [3.8, 4) is 11.5 Å². The van der Waals surface area contributed by atoms with E-state index in [2.05, 4.69) is 21.2 Å². The first-order valence-electron chi connectivity index (χ1n) is 13.6. The van der Waals surface area contributed by atoms with Gasteiger partial charge in [0.05, 0.1) is 40.5 Å². The number of ether oxygens (including phenoxy) is 1. The van der Waals surface area contributed by atoms with E-state index in [1.54, 1.807) is 42.5 Å². The lowest BCUT2D eigenvalue weighted by atomic mass is 9.56. The van der Waals surface area contributed by atoms with Gasteiger partial charge in [-0.25, -0.2) is 8.42 Å². The highest BCUT2D eigenvalue weighted by atomic mass is 79.9. The number of aromatic hydroxyl groups is 1. The summed E-state index contributed by atoms with van der Waals surface area (Å²) < 4.78 is 41.6. The Hall–Kier alpha value is -3.12. The maximum absolute atomic E-state index is 14.0. The van der Waals surface area contributed by atoms with Gasteiger partial charge in [-0.1, -0.05) is 28.1 Å². The number of hydrogen-bond acceptors (Lipinski definition) is 7. The molecule has 2 spiro atoms. The average Bonchev–Trinajstić information content (AvgIpc) is 3.60. The monoisotopic (exact) mass is 638 g/mol. The highest BCUT2D eigenvalue weighted by molar-refractivity contribution is 9.10. The van der Waals surface area contributed by atoms with Crippen molar-refractivity contribution in [2.75, 3.05) is 6.54 Å². The van der Waals surface area contributed by atoms with E-state index in [1.165, 1.54) is 22.9 Å². The van der Waals surface area contributed by atoms with Crippen LogP contribution >= 0.6 is 15.9 Å². The number of carbonyl (C=O) groups excluding carboxylic acids is 1. The first-order chi connectivity index (χ1) is 19.6. The van der Waals surface area contributed by atoms with Crippen molar-refractivity contribution >= 4 is 37.9 Å². The number of amides is 1. The fourth-order valence-electron chi connectivity index (χ4n) is 8.73. The van der Waals surface area contributed by atoms with E-state index in [9.17, 15) is 23.4 Å². The minimum atomic E-state index is -3.91. The minimum absolute atomic E-state index is 0.0198. The largest absolute Gasteiger partial charge is 0.504 e. The van der Waals surface area contributed by atoms with E-state index in [0.29, 0.717) is 29.5 Å². The number of furan rings is 1. The summed E-state index contributed by atoms with van der Waals surface area (Å²) in [7, 11) is -3.91. The molecule has 3 aromatic rings. The minimum Gasteiger partial charge on any atom is -0.504 e. The molecule has 2 saturated carbocycles.